The molecule has 2 aromatic rings. The van der Waals surface area contributed by atoms with Crippen molar-refractivity contribution in [2.75, 3.05) is 0 Å². The fourth-order valence-corrected chi connectivity index (χ4v) is 2.39. The number of aryl methyl sites for hydroxylation is 1. The van der Waals surface area contributed by atoms with Crippen LogP contribution < -0.4 is 5.73 Å². The van der Waals surface area contributed by atoms with Gasteiger partial charge in [0.2, 0.25) is 0 Å². The number of thiazole rings is 1. The minimum atomic E-state index is 0.0801. The van der Waals surface area contributed by atoms with E-state index in [1.807, 2.05) is 25.1 Å². The third-order valence-electron chi connectivity index (χ3n) is 2.16. The van der Waals surface area contributed by atoms with Crippen LogP contribution in [-0.2, 0) is 6.42 Å². The number of hydrogen-bond acceptors (Lipinski definition) is 4. The highest BCUT2D eigenvalue weighted by Gasteiger charge is 2.13. The molecule has 16 heavy (non-hydrogen) atoms. The zero-order valence-corrected chi connectivity index (χ0v) is 9.71. The Morgan fingerprint density at radius 2 is 2.31 bits per heavy atom. The van der Waals surface area contributed by atoms with Crippen molar-refractivity contribution in [2.45, 2.75) is 13.3 Å². The van der Waals surface area contributed by atoms with Crippen molar-refractivity contribution in [1.82, 2.24) is 9.97 Å². The zero-order chi connectivity index (χ0) is 11.5. The Bertz CT molecular complexity index is 504. The minimum Gasteiger partial charge on any atom is -0.383 e. The molecule has 0 saturated heterocycles. The Labute approximate surface area is 97.7 Å². The summed E-state index contributed by atoms with van der Waals surface area (Å²) in [6.07, 6.45) is 2.51. The Kier molecular flexibility index (Phi) is 2.96. The second kappa shape index (κ2) is 4.40. The maximum absolute atomic E-state index is 7.48. The van der Waals surface area contributed by atoms with E-state index in [0.717, 1.165) is 27.7 Å². The third-order valence-corrected chi connectivity index (χ3v) is 3.31. The number of rotatable bonds is 3. The minimum absolute atomic E-state index is 0.0801. The van der Waals surface area contributed by atoms with E-state index in [4.69, 9.17) is 11.1 Å². The van der Waals surface area contributed by atoms with Crippen LogP contribution in [0.25, 0.3) is 10.7 Å². The number of amidine groups is 1. The molecular weight excluding hydrogens is 220 g/mol. The van der Waals surface area contributed by atoms with Gasteiger partial charge in [0.1, 0.15) is 10.8 Å². The van der Waals surface area contributed by atoms with Crippen LogP contribution >= 0.6 is 11.3 Å². The van der Waals surface area contributed by atoms with E-state index in [0.29, 0.717) is 0 Å². The van der Waals surface area contributed by atoms with Gasteiger partial charge in [-0.15, -0.1) is 11.3 Å². The van der Waals surface area contributed by atoms with Crippen LogP contribution in [0.15, 0.2) is 24.4 Å². The zero-order valence-electron chi connectivity index (χ0n) is 8.90. The molecule has 2 rings (SSSR count). The highest BCUT2D eigenvalue weighted by atomic mass is 32.1. The van der Waals surface area contributed by atoms with Crippen molar-refractivity contribution in [3.63, 3.8) is 0 Å². The van der Waals surface area contributed by atoms with Crippen LogP contribution in [0.5, 0.6) is 0 Å². The molecule has 0 unspecified atom stereocenters. The number of hydrogen-bond donors (Lipinski definition) is 2. The van der Waals surface area contributed by atoms with E-state index in [-0.39, 0.29) is 5.84 Å². The molecule has 4 nitrogen and oxygen atoms in total. The average Bonchev–Trinajstić information content (AvgIpc) is 2.74. The molecule has 3 N–H and O–H groups in total. The molecular formula is C11H12N4S. The summed E-state index contributed by atoms with van der Waals surface area (Å²) in [5, 5.41) is 8.31. The lowest BCUT2D eigenvalue weighted by Crippen LogP contribution is -2.11. The molecule has 0 radical (unpaired) electrons. The van der Waals surface area contributed by atoms with Gasteiger partial charge in [0.15, 0.2) is 0 Å². The fraction of sp³-hybridized carbons (Fsp3) is 0.182. The first-order valence-electron chi connectivity index (χ1n) is 4.98. The molecule has 2 heterocycles. The lowest BCUT2D eigenvalue weighted by Gasteiger charge is -1.93. The summed E-state index contributed by atoms with van der Waals surface area (Å²) >= 11 is 1.42. The second-order valence-electron chi connectivity index (χ2n) is 3.28. The number of nitrogens with zero attached hydrogens (tertiary/aromatic N) is 2. The first-order chi connectivity index (χ1) is 7.72. The van der Waals surface area contributed by atoms with Gasteiger partial charge in [-0.25, -0.2) is 4.98 Å². The highest BCUT2D eigenvalue weighted by molar-refractivity contribution is 7.17. The van der Waals surface area contributed by atoms with Crippen molar-refractivity contribution in [3.05, 3.63) is 35.0 Å². The van der Waals surface area contributed by atoms with Crippen molar-refractivity contribution in [3.8, 4) is 10.7 Å². The van der Waals surface area contributed by atoms with Gasteiger partial charge in [0.25, 0.3) is 0 Å². The SMILES string of the molecule is CCc1nc(-c2ccccn2)sc1C(=N)N. The van der Waals surface area contributed by atoms with Crippen molar-refractivity contribution >= 4 is 17.2 Å². The Morgan fingerprint density at radius 1 is 1.50 bits per heavy atom. The second-order valence-corrected chi connectivity index (χ2v) is 4.28. The molecule has 82 valence electrons. The average molecular weight is 232 g/mol. The van der Waals surface area contributed by atoms with E-state index in [1.165, 1.54) is 11.3 Å². The Balaban J connectivity index is 2.48. The van der Waals surface area contributed by atoms with Crippen molar-refractivity contribution < 1.29 is 0 Å². The van der Waals surface area contributed by atoms with E-state index < -0.39 is 0 Å². The van der Waals surface area contributed by atoms with E-state index in [1.54, 1.807) is 6.20 Å². The van der Waals surface area contributed by atoms with Gasteiger partial charge in [-0.1, -0.05) is 13.0 Å². The van der Waals surface area contributed by atoms with Crippen LogP contribution in [0, 0.1) is 5.41 Å². The van der Waals surface area contributed by atoms with Crippen LogP contribution in [0.3, 0.4) is 0 Å². The highest BCUT2D eigenvalue weighted by Crippen LogP contribution is 2.26. The fourth-order valence-electron chi connectivity index (χ4n) is 1.40. The molecule has 0 aromatic carbocycles. The molecule has 0 aliphatic heterocycles. The summed E-state index contributed by atoms with van der Waals surface area (Å²) < 4.78 is 0. The van der Waals surface area contributed by atoms with Crippen LogP contribution in [0.1, 0.15) is 17.5 Å². The van der Waals surface area contributed by atoms with Gasteiger partial charge >= 0.3 is 0 Å². The molecule has 2 aromatic heterocycles. The summed E-state index contributed by atoms with van der Waals surface area (Å²) in [6, 6.07) is 5.69. The predicted octanol–water partition coefficient (Wildman–Crippen LogP) is 2.05. The summed E-state index contributed by atoms with van der Waals surface area (Å²) in [4.78, 5) is 9.44. The first-order valence-corrected chi connectivity index (χ1v) is 5.79. The number of pyridine rings is 1. The molecule has 0 aliphatic rings. The summed E-state index contributed by atoms with van der Waals surface area (Å²) in [5.41, 5.74) is 7.22. The topological polar surface area (TPSA) is 75.7 Å². The largest absolute Gasteiger partial charge is 0.383 e. The third kappa shape index (κ3) is 1.94. The van der Waals surface area contributed by atoms with Gasteiger partial charge in [0, 0.05) is 6.20 Å². The lowest BCUT2D eigenvalue weighted by molar-refractivity contribution is 1.05. The lowest BCUT2D eigenvalue weighted by atomic mass is 10.3. The predicted molar refractivity (Wildman–Crippen MR) is 65.7 cm³/mol. The smallest absolute Gasteiger partial charge is 0.142 e. The number of nitrogen functional groups attached to an aromatic ring is 1. The molecule has 0 bridgehead atoms. The van der Waals surface area contributed by atoms with Crippen molar-refractivity contribution in [2.24, 2.45) is 5.73 Å². The van der Waals surface area contributed by atoms with Gasteiger partial charge in [-0.2, -0.15) is 0 Å². The van der Waals surface area contributed by atoms with Gasteiger partial charge < -0.3 is 5.73 Å². The molecule has 0 amide bonds. The molecule has 0 saturated carbocycles. The number of nitrogens with one attached hydrogen (secondary N) is 1. The van der Waals surface area contributed by atoms with Gasteiger partial charge in [0.05, 0.1) is 16.3 Å². The molecule has 5 heteroatoms. The van der Waals surface area contributed by atoms with Crippen LogP contribution in [-0.4, -0.2) is 15.8 Å². The quantitative estimate of drug-likeness (QED) is 0.628. The Morgan fingerprint density at radius 3 is 2.81 bits per heavy atom. The summed E-state index contributed by atoms with van der Waals surface area (Å²) in [5.74, 6) is 0.0801. The van der Waals surface area contributed by atoms with Crippen LogP contribution in [0.2, 0.25) is 0 Å². The van der Waals surface area contributed by atoms with E-state index in [9.17, 15) is 0 Å². The first kappa shape index (κ1) is 10.8. The summed E-state index contributed by atoms with van der Waals surface area (Å²) in [7, 11) is 0. The van der Waals surface area contributed by atoms with E-state index in [2.05, 4.69) is 9.97 Å². The van der Waals surface area contributed by atoms with Crippen molar-refractivity contribution in [1.29, 1.82) is 5.41 Å². The van der Waals surface area contributed by atoms with Gasteiger partial charge in [-0.05, 0) is 18.6 Å². The molecule has 0 aliphatic carbocycles. The number of nitrogens with two attached hydrogens (primary N) is 1. The molecule has 0 spiro atoms. The van der Waals surface area contributed by atoms with Gasteiger partial charge in [-0.3, -0.25) is 10.4 Å². The Hall–Kier alpha value is -1.75. The normalized spacial score (nSPS) is 10.3. The van der Waals surface area contributed by atoms with Crippen LogP contribution in [0.4, 0.5) is 0 Å². The number of aromatic nitrogens is 2. The molecule has 0 atom stereocenters. The monoisotopic (exact) mass is 232 g/mol. The molecule has 0 fully saturated rings. The maximum atomic E-state index is 7.48. The standard InChI is InChI=1S/C11H12N4S/c1-2-7-9(10(12)13)16-11(15-7)8-5-3-4-6-14-8/h3-6H,2H2,1H3,(H3,12,13). The van der Waals surface area contributed by atoms with E-state index >= 15 is 0 Å². The summed E-state index contributed by atoms with van der Waals surface area (Å²) in [6.45, 7) is 2.00. The maximum Gasteiger partial charge on any atom is 0.142 e.